The van der Waals surface area contributed by atoms with Gasteiger partial charge in [-0.15, -0.1) is 0 Å². The molecule has 0 heterocycles. The van der Waals surface area contributed by atoms with Crippen LogP contribution >= 0.6 is 0 Å². The van der Waals surface area contributed by atoms with E-state index in [2.05, 4.69) is 6.92 Å². The van der Waals surface area contributed by atoms with Crippen molar-refractivity contribution < 1.29 is 22.5 Å². The van der Waals surface area contributed by atoms with Crippen LogP contribution in [0, 0.1) is 0 Å². The normalized spacial score (nSPS) is 11.6. The molecule has 0 radical (unpaired) electrons. The Kier molecular flexibility index (Phi) is 7.60. The molecule has 0 amide bonds. The van der Waals surface area contributed by atoms with Crippen molar-refractivity contribution in [2.45, 2.75) is 63.2 Å². The summed E-state index contributed by atoms with van der Waals surface area (Å²) in [4.78, 5) is 11.9. The van der Waals surface area contributed by atoms with Gasteiger partial charge in [-0.2, -0.15) is 8.42 Å². The summed E-state index contributed by atoms with van der Waals surface area (Å²) in [5.74, 6) is -0.0238. The van der Waals surface area contributed by atoms with Crippen molar-refractivity contribution in [1.29, 1.82) is 0 Å². The first-order valence-electron chi connectivity index (χ1n) is 9.13. The third-order valence-corrected chi connectivity index (χ3v) is 5.24. The van der Waals surface area contributed by atoms with Crippen molar-refractivity contribution in [3.05, 3.63) is 36.4 Å². The lowest BCUT2D eigenvalue weighted by Crippen LogP contribution is -2.08. The van der Waals surface area contributed by atoms with Crippen molar-refractivity contribution >= 4 is 26.9 Å². The Balaban J connectivity index is 1.97. The number of fused-ring (bicyclic) bond motifs is 1. The van der Waals surface area contributed by atoms with E-state index in [1.165, 1.54) is 37.8 Å². The third-order valence-electron chi connectivity index (χ3n) is 4.33. The molecule has 5 nitrogen and oxygen atoms in total. The van der Waals surface area contributed by atoms with Crippen LogP contribution in [0.3, 0.4) is 0 Å². The number of rotatable bonds is 10. The van der Waals surface area contributed by atoms with Gasteiger partial charge in [0, 0.05) is 17.2 Å². The van der Waals surface area contributed by atoms with Crippen molar-refractivity contribution in [1.82, 2.24) is 0 Å². The monoisotopic (exact) mass is 378 g/mol. The summed E-state index contributed by atoms with van der Waals surface area (Å²) in [6, 6.07) is 9.30. The average molecular weight is 378 g/mol. The van der Waals surface area contributed by atoms with Crippen molar-refractivity contribution in [2.75, 3.05) is 0 Å². The van der Waals surface area contributed by atoms with Crippen LogP contribution in [-0.4, -0.2) is 18.9 Å². The minimum atomic E-state index is -4.34. The fourth-order valence-corrected chi connectivity index (χ4v) is 3.65. The van der Waals surface area contributed by atoms with Gasteiger partial charge in [-0.05, 0) is 18.6 Å². The van der Waals surface area contributed by atoms with E-state index in [0.717, 1.165) is 19.3 Å². The Morgan fingerprint density at radius 3 is 2.19 bits per heavy atom. The van der Waals surface area contributed by atoms with Gasteiger partial charge >= 0.3 is 5.97 Å². The molecule has 0 fully saturated rings. The topological polar surface area (TPSA) is 80.7 Å². The molecule has 0 aliphatic rings. The summed E-state index contributed by atoms with van der Waals surface area (Å²) < 4.78 is 37.8. The molecule has 0 unspecified atom stereocenters. The van der Waals surface area contributed by atoms with E-state index in [4.69, 9.17) is 4.74 Å². The van der Waals surface area contributed by atoms with Gasteiger partial charge in [0.05, 0.1) is 0 Å². The molecular formula is C20H26O5S. The van der Waals surface area contributed by atoms with E-state index in [1.807, 2.05) is 0 Å². The summed E-state index contributed by atoms with van der Waals surface area (Å²) >= 11 is 0. The second kappa shape index (κ2) is 9.69. The zero-order valence-corrected chi connectivity index (χ0v) is 15.9. The van der Waals surface area contributed by atoms with Crippen LogP contribution in [0.4, 0.5) is 0 Å². The van der Waals surface area contributed by atoms with E-state index < -0.39 is 10.1 Å². The zero-order chi connectivity index (χ0) is 19.0. The molecule has 26 heavy (non-hydrogen) atoms. The van der Waals surface area contributed by atoms with Crippen LogP contribution in [0.1, 0.15) is 58.3 Å². The smallest absolute Gasteiger partial charge is 0.311 e. The highest BCUT2D eigenvalue weighted by molar-refractivity contribution is 7.86. The van der Waals surface area contributed by atoms with E-state index >= 15 is 0 Å². The molecule has 0 aliphatic carbocycles. The maximum absolute atomic E-state index is 12.1. The standard InChI is InChI=1S/C20H26O5S/c1-2-3-4-5-6-7-8-13-20(21)25-18-14-15-19(26(22,23)24)17-12-10-9-11-16(17)18/h9-12,14-15H,2-8,13H2,1H3,(H,22,23,24). The van der Waals surface area contributed by atoms with Crippen LogP contribution in [-0.2, 0) is 14.9 Å². The van der Waals surface area contributed by atoms with Gasteiger partial charge in [-0.1, -0.05) is 69.7 Å². The van der Waals surface area contributed by atoms with E-state index in [9.17, 15) is 17.8 Å². The van der Waals surface area contributed by atoms with Gasteiger partial charge in [0.25, 0.3) is 10.1 Å². The lowest BCUT2D eigenvalue weighted by molar-refractivity contribution is -0.134. The summed E-state index contributed by atoms with van der Waals surface area (Å²) in [5.41, 5.74) is 0. The van der Waals surface area contributed by atoms with E-state index in [0.29, 0.717) is 22.9 Å². The number of carbonyl (C=O) groups excluding carboxylic acids is 1. The quantitative estimate of drug-likeness (QED) is 0.268. The summed E-state index contributed by atoms with van der Waals surface area (Å²) in [7, 11) is -4.34. The number of unbranched alkanes of at least 4 members (excludes halogenated alkanes) is 6. The Bertz CT molecular complexity index is 842. The van der Waals surface area contributed by atoms with Crippen LogP contribution < -0.4 is 4.74 Å². The second-order valence-corrected chi connectivity index (χ2v) is 7.82. The van der Waals surface area contributed by atoms with Gasteiger partial charge < -0.3 is 4.74 Å². The van der Waals surface area contributed by atoms with Gasteiger partial charge in [0.1, 0.15) is 10.6 Å². The first-order valence-corrected chi connectivity index (χ1v) is 10.6. The molecule has 0 aromatic heterocycles. The van der Waals surface area contributed by atoms with Crippen molar-refractivity contribution in [3.63, 3.8) is 0 Å². The molecule has 142 valence electrons. The zero-order valence-electron chi connectivity index (χ0n) is 15.1. The molecule has 1 N–H and O–H groups in total. The number of ether oxygens (including phenoxy) is 1. The molecule has 0 saturated heterocycles. The number of hydrogen-bond acceptors (Lipinski definition) is 4. The highest BCUT2D eigenvalue weighted by Gasteiger charge is 2.17. The summed E-state index contributed by atoms with van der Waals surface area (Å²) in [5, 5.41) is 0.812. The van der Waals surface area contributed by atoms with Crippen molar-refractivity contribution in [2.24, 2.45) is 0 Å². The summed E-state index contributed by atoms with van der Waals surface area (Å²) in [6.45, 7) is 2.18. The average Bonchev–Trinajstić information content (AvgIpc) is 2.60. The maximum Gasteiger partial charge on any atom is 0.311 e. The number of hydrogen-bond donors (Lipinski definition) is 1. The van der Waals surface area contributed by atoms with Crippen LogP contribution in [0.5, 0.6) is 5.75 Å². The Labute approximate surface area is 155 Å². The summed E-state index contributed by atoms with van der Waals surface area (Å²) in [6.07, 6.45) is 8.16. The molecule has 2 aromatic rings. The molecule has 0 aliphatic heterocycles. The van der Waals surface area contributed by atoms with Gasteiger partial charge in [-0.3, -0.25) is 9.35 Å². The fraction of sp³-hybridized carbons (Fsp3) is 0.450. The number of carbonyl (C=O) groups is 1. The first-order chi connectivity index (χ1) is 12.4. The van der Waals surface area contributed by atoms with Crippen LogP contribution in [0.15, 0.2) is 41.3 Å². The Hall–Kier alpha value is -1.92. The van der Waals surface area contributed by atoms with E-state index in [1.54, 1.807) is 24.3 Å². The molecule has 0 spiro atoms. The Morgan fingerprint density at radius 1 is 0.923 bits per heavy atom. The molecule has 0 saturated carbocycles. The molecule has 2 aromatic carbocycles. The molecule has 0 bridgehead atoms. The fourth-order valence-electron chi connectivity index (χ4n) is 2.96. The van der Waals surface area contributed by atoms with Gasteiger partial charge in [-0.25, -0.2) is 0 Å². The van der Waals surface area contributed by atoms with Gasteiger partial charge in [0.15, 0.2) is 0 Å². The highest BCUT2D eigenvalue weighted by Crippen LogP contribution is 2.31. The number of esters is 1. The lowest BCUT2D eigenvalue weighted by Gasteiger charge is -2.10. The van der Waals surface area contributed by atoms with Crippen LogP contribution in [0.2, 0.25) is 0 Å². The lowest BCUT2D eigenvalue weighted by atomic mass is 10.1. The molecule has 6 heteroatoms. The molecule has 0 atom stereocenters. The third kappa shape index (κ3) is 5.81. The predicted octanol–water partition coefficient (Wildman–Crippen LogP) is 5.13. The minimum absolute atomic E-state index is 0.194. The predicted molar refractivity (Wildman–Crippen MR) is 102 cm³/mol. The Morgan fingerprint density at radius 2 is 1.54 bits per heavy atom. The first kappa shape index (κ1) is 20.4. The SMILES string of the molecule is CCCCCCCCCC(=O)Oc1ccc(S(=O)(=O)O)c2ccccc12. The van der Waals surface area contributed by atoms with Crippen LogP contribution in [0.25, 0.3) is 10.8 Å². The van der Waals surface area contributed by atoms with Gasteiger partial charge in [0.2, 0.25) is 0 Å². The molecule has 2 rings (SSSR count). The largest absolute Gasteiger partial charge is 0.426 e. The number of benzene rings is 2. The molecular weight excluding hydrogens is 352 g/mol. The van der Waals surface area contributed by atoms with E-state index in [-0.39, 0.29) is 10.9 Å². The maximum atomic E-state index is 12.1. The second-order valence-electron chi connectivity index (χ2n) is 6.43. The minimum Gasteiger partial charge on any atom is -0.426 e. The van der Waals surface area contributed by atoms with Crippen molar-refractivity contribution in [3.8, 4) is 5.75 Å². The highest BCUT2D eigenvalue weighted by atomic mass is 32.2.